The van der Waals surface area contributed by atoms with E-state index in [0.29, 0.717) is 10.7 Å². The first-order valence-electron chi connectivity index (χ1n) is 5.75. The van der Waals surface area contributed by atoms with Gasteiger partial charge in [0.05, 0.1) is 10.6 Å². The van der Waals surface area contributed by atoms with Crippen LogP contribution in [0.3, 0.4) is 0 Å². The molecule has 1 N–H and O–H groups in total. The number of nitro benzene ring substituents is 1. The highest BCUT2D eigenvalue weighted by molar-refractivity contribution is 6.31. The molecule has 2 aromatic carbocycles. The van der Waals surface area contributed by atoms with Gasteiger partial charge in [-0.05, 0) is 30.7 Å². The van der Waals surface area contributed by atoms with E-state index >= 15 is 0 Å². The van der Waals surface area contributed by atoms with Crippen LogP contribution < -0.4 is 0 Å². The maximum atomic E-state index is 10.7. The summed E-state index contributed by atoms with van der Waals surface area (Å²) in [6.45, 7) is 1.88. The number of aromatic hydroxyl groups is 1. The highest BCUT2D eigenvalue weighted by Crippen LogP contribution is 2.29. The largest absolute Gasteiger partial charge is 0.502 e. The van der Waals surface area contributed by atoms with Gasteiger partial charge in [-0.1, -0.05) is 23.7 Å². The Morgan fingerprint density at radius 3 is 2.75 bits per heavy atom. The average Bonchev–Trinajstić information content (AvgIpc) is 2.41. The van der Waals surface area contributed by atoms with Crippen LogP contribution >= 0.6 is 11.6 Å². The van der Waals surface area contributed by atoms with Crippen LogP contribution in [-0.2, 0) is 0 Å². The molecule has 102 valence electrons. The second kappa shape index (κ2) is 5.71. The number of benzene rings is 2. The summed E-state index contributed by atoms with van der Waals surface area (Å²) in [6, 6.07) is 9.54. The number of aryl methyl sites for hydroxylation is 1. The Kier molecular flexibility index (Phi) is 4.00. The molecule has 0 unspecified atom stereocenters. The number of nitro groups is 1. The number of phenolic OH excluding ortho intramolecular Hbond substituents is 1. The van der Waals surface area contributed by atoms with Crippen molar-refractivity contribution >= 4 is 29.2 Å². The Balaban J connectivity index is 2.34. The second-order valence-corrected chi connectivity index (χ2v) is 4.57. The third-order valence-corrected chi connectivity index (χ3v) is 3.16. The van der Waals surface area contributed by atoms with Gasteiger partial charge in [0.25, 0.3) is 0 Å². The lowest BCUT2D eigenvalue weighted by Crippen LogP contribution is -1.91. The molecule has 0 fully saturated rings. The van der Waals surface area contributed by atoms with Crippen molar-refractivity contribution in [2.75, 3.05) is 0 Å². The maximum Gasteiger partial charge on any atom is 0.311 e. The van der Waals surface area contributed by atoms with E-state index in [1.165, 1.54) is 18.3 Å². The molecule has 2 aromatic rings. The van der Waals surface area contributed by atoms with E-state index in [-0.39, 0.29) is 11.3 Å². The van der Waals surface area contributed by atoms with Crippen molar-refractivity contribution < 1.29 is 10.0 Å². The third kappa shape index (κ3) is 2.95. The van der Waals surface area contributed by atoms with Gasteiger partial charge in [0.15, 0.2) is 0 Å². The first-order chi connectivity index (χ1) is 9.49. The highest BCUT2D eigenvalue weighted by Gasteiger charge is 2.14. The lowest BCUT2D eigenvalue weighted by Gasteiger charge is -2.01. The van der Waals surface area contributed by atoms with Crippen LogP contribution in [0.1, 0.15) is 11.1 Å². The molecule has 2 rings (SSSR count). The molecule has 0 aromatic heterocycles. The van der Waals surface area contributed by atoms with Crippen molar-refractivity contribution in [2.24, 2.45) is 4.99 Å². The van der Waals surface area contributed by atoms with E-state index in [2.05, 4.69) is 4.99 Å². The van der Waals surface area contributed by atoms with E-state index in [1.54, 1.807) is 18.2 Å². The number of aliphatic imine (C=N–C) groups is 1. The summed E-state index contributed by atoms with van der Waals surface area (Å²) in [4.78, 5) is 14.2. The zero-order valence-corrected chi connectivity index (χ0v) is 11.3. The molecule has 0 aliphatic heterocycles. The topological polar surface area (TPSA) is 75.7 Å². The van der Waals surface area contributed by atoms with E-state index in [1.807, 2.05) is 13.0 Å². The van der Waals surface area contributed by atoms with Gasteiger partial charge < -0.3 is 5.11 Å². The number of hydrogen-bond acceptors (Lipinski definition) is 4. The summed E-state index contributed by atoms with van der Waals surface area (Å²) >= 11 is 5.98. The SMILES string of the molecule is Cc1ccc(N=Cc2cccc([N+](=O)[O-])c2O)cc1Cl. The number of rotatable bonds is 3. The smallest absolute Gasteiger partial charge is 0.311 e. The normalized spacial score (nSPS) is 10.9. The summed E-state index contributed by atoms with van der Waals surface area (Å²) in [5.41, 5.74) is 1.46. The second-order valence-electron chi connectivity index (χ2n) is 4.16. The average molecular weight is 291 g/mol. The molecule has 0 atom stereocenters. The fraction of sp³-hybridized carbons (Fsp3) is 0.0714. The number of hydrogen-bond donors (Lipinski definition) is 1. The Morgan fingerprint density at radius 2 is 2.10 bits per heavy atom. The highest BCUT2D eigenvalue weighted by atomic mass is 35.5. The van der Waals surface area contributed by atoms with Gasteiger partial charge in [-0.2, -0.15) is 0 Å². The van der Waals surface area contributed by atoms with Gasteiger partial charge in [0.1, 0.15) is 0 Å². The molecule has 0 saturated heterocycles. The molecular weight excluding hydrogens is 280 g/mol. The third-order valence-electron chi connectivity index (χ3n) is 2.75. The molecule has 0 bridgehead atoms. The number of nitrogens with zero attached hydrogens (tertiary/aromatic N) is 2. The van der Waals surface area contributed by atoms with E-state index in [4.69, 9.17) is 11.6 Å². The monoisotopic (exact) mass is 290 g/mol. The minimum Gasteiger partial charge on any atom is -0.502 e. The Morgan fingerprint density at radius 1 is 1.35 bits per heavy atom. The Labute approximate surface area is 120 Å². The first kappa shape index (κ1) is 14.0. The van der Waals surface area contributed by atoms with Crippen molar-refractivity contribution in [3.63, 3.8) is 0 Å². The van der Waals surface area contributed by atoms with E-state index in [0.717, 1.165) is 5.56 Å². The van der Waals surface area contributed by atoms with Crippen LogP contribution in [0, 0.1) is 17.0 Å². The molecule has 6 heteroatoms. The van der Waals surface area contributed by atoms with Crippen LogP contribution in [0.25, 0.3) is 0 Å². The standard InChI is InChI=1S/C14H11ClN2O3/c1-9-5-6-11(7-12(9)15)16-8-10-3-2-4-13(14(10)18)17(19)20/h2-8,18H,1H3. The zero-order valence-electron chi connectivity index (χ0n) is 10.6. The molecule has 0 aliphatic rings. The van der Waals surface area contributed by atoms with Crippen molar-refractivity contribution in [3.8, 4) is 5.75 Å². The maximum absolute atomic E-state index is 10.7. The van der Waals surface area contributed by atoms with E-state index in [9.17, 15) is 15.2 Å². The summed E-state index contributed by atoms with van der Waals surface area (Å²) in [5, 5.41) is 21.1. The van der Waals surface area contributed by atoms with Gasteiger partial charge in [-0.25, -0.2) is 0 Å². The first-order valence-corrected chi connectivity index (χ1v) is 6.13. The molecule has 0 spiro atoms. The van der Waals surface area contributed by atoms with Gasteiger partial charge >= 0.3 is 5.69 Å². The Bertz CT molecular complexity index is 699. The van der Waals surface area contributed by atoms with Gasteiger partial charge in [0, 0.05) is 22.9 Å². The van der Waals surface area contributed by atoms with Gasteiger partial charge in [-0.15, -0.1) is 0 Å². The molecule has 20 heavy (non-hydrogen) atoms. The number of halogens is 1. The van der Waals surface area contributed by atoms with Gasteiger partial charge in [0.2, 0.25) is 5.75 Å². The predicted molar refractivity (Wildman–Crippen MR) is 78.2 cm³/mol. The molecule has 0 amide bonds. The molecule has 0 heterocycles. The fourth-order valence-corrected chi connectivity index (χ4v) is 1.78. The van der Waals surface area contributed by atoms with Crippen molar-refractivity contribution in [3.05, 3.63) is 62.7 Å². The summed E-state index contributed by atoms with van der Waals surface area (Å²) in [6.07, 6.45) is 1.36. The summed E-state index contributed by atoms with van der Waals surface area (Å²) in [5.74, 6) is -0.403. The summed E-state index contributed by atoms with van der Waals surface area (Å²) < 4.78 is 0. The lowest BCUT2D eigenvalue weighted by atomic mass is 10.2. The van der Waals surface area contributed by atoms with Crippen molar-refractivity contribution in [2.45, 2.75) is 6.92 Å². The minimum atomic E-state index is -0.643. The van der Waals surface area contributed by atoms with E-state index < -0.39 is 10.7 Å². The fourth-order valence-electron chi connectivity index (χ4n) is 1.61. The van der Waals surface area contributed by atoms with Crippen LogP contribution in [0.4, 0.5) is 11.4 Å². The molecule has 5 nitrogen and oxygen atoms in total. The van der Waals surface area contributed by atoms with Crippen molar-refractivity contribution in [1.82, 2.24) is 0 Å². The molecular formula is C14H11ClN2O3. The zero-order chi connectivity index (χ0) is 14.7. The molecule has 0 radical (unpaired) electrons. The predicted octanol–water partition coefficient (Wildman–Crippen LogP) is 4.01. The quantitative estimate of drug-likeness (QED) is 0.527. The number of para-hydroxylation sites is 1. The number of phenols is 1. The van der Waals surface area contributed by atoms with Crippen LogP contribution in [0.5, 0.6) is 5.75 Å². The van der Waals surface area contributed by atoms with Crippen molar-refractivity contribution in [1.29, 1.82) is 0 Å². The molecule has 0 saturated carbocycles. The van der Waals surface area contributed by atoms with Crippen LogP contribution in [0.2, 0.25) is 5.02 Å². The van der Waals surface area contributed by atoms with Crippen LogP contribution in [-0.4, -0.2) is 16.2 Å². The lowest BCUT2D eigenvalue weighted by molar-refractivity contribution is -0.385. The minimum absolute atomic E-state index is 0.274. The van der Waals surface area contributed by atoms with Crippen LogP contribution in [0.15, 0.2) is 41.4 Å². The molecule has 0 aliphatic carbocycles. The Hall–Kier alpha value is -2.40. The summed E-state index contributed by atoms with van der Waals surface area (Å²) in [7, 11) is 0. The van der Waals surface area contributed by atoms with Gasteiger partial charge in [-0.3, -0.25) is 15.1 Å².